The lowest BCUT2D eigenvalue weighted by molar-refractivity contribution is 0.0359. The van der Waals surface area contributed by atoms with Gasteiger partial charge in [-0.3, -0.25) is 0 Å². The monoisotopic (exact) mass is 200 g/mol. The summed E-state index contributed by atoms with van der Waals surface area (Å²) in [6.07, 6.45) is 0. The molecule has 5 heteroatoms. The van der Waals surface area contributed by atoms with Gasteiger partial charge < -0.3 is 18.4 Å². The molecule has 0 saturated carbocycles. The van der Waals surface area contributed by atoms with Crippen LogP contribution in [0.3, 0.4) is 0 Å². The standard InChI is InChI=1S/C8H12O4Si/c1-11-13(9,10)12-7-8-5-3-2-4-6-8/h2-6,9-10H,7H2,1H3. The van der Waals surface area contributed by atoms with Crippen molar-refractivity contribution in [2.45, 2.75) is 6.61 Å². The molecule has 0 atom stereocenters. The van der Waals surface area contributed by atoms with Crippen LogP contribution >= 0.6 is 0 Å². The number of rotatable bonds is 4. The summed E-state index contributed by atoms with van der Waals surface area (Å²) in [6, 6.07) is 9.25. The van der Waals surface area contributed by atoms with Gasteiger partial charge >= 0.3 is 9.05 Å². The zero-order valence-electron chi connectivity index (χ0n) is 7.30. The summed E-state index contributed by atoms with van der Waals surface area (Å²) in [6.45, 7) is 0.147. The molecule has 13 heavy (non-hydrogen) atoms. The van der Waals surface area contributed by atoms with E-state index in [9.17, 15) is 0 Å². The van der Waals surface area contributed by atoms with Crippen molar-refractivity contribution in [2.24, 2.45) is 0 Å². The van der Waals surface area contributed by atoms with Gasteiger partial charge in [0.1, 0.15) is 0 Å². The van der Waals surface area contributed by atoms with Crippen molar-refractivity contribution >= 4 is 9.05 Å². The highest BCUT2D eigenvalue weighted by molar-refractivity contribution is 6.50. The fourth-order valence-electron chi connectivity index (χ4n) is 0.811. The lowest BCUT2D eigenvalue weighted by atomic mass is 10.2. The normalized spacial score (nSPS) is 11.6. The second-order valence-electron chi connectivity index (χ2n) is 2.53. The molecule has 0 amide bonds. The van der Waals surface area contributed by atoms with Crippen LogP contribution < -0.4 is 0 Å². The van der Waals surface area contributed by atoms with Crippen LogP contribution in [-0.4, -0.2) is 25.7 Å². The summed E-state index contributed by atoms with van der Waals surface area (Å²) in [4.78, 5) is 18.1. The Morgan fingerprint density at radius 3 is 2.38 bits per heavy atom. The predicted octanol–water partition coefficient (Wildman–Crippen LogP) is 0.270. The highest BCUT2D eigenvalue weighted by Crippen LogP contribution is 2.04. The maximum absolute atomic E-state index is 9.03. The zero-order chi connectivity index (χ0) is 9.73. The quantitative estimate of drug-likeness (QED) is 0.685. The maximum Gasteiger partial charge on any atom is 0.674 e. The molecule has 0 unspecified atom stereocenters. The fraction of sp³-hybridized carbons (Fsp3) is 0.250. The van der Waals surface area contributed by atoms with Crippen molar-refractivity contribution < 1.29 is 18.4 Å². The van der Waals surface area contributed by atoms with Gasteiger partial charge in [0.15, 0.2) is 0 Å². The molecule has 0 fully saturated rings. The van der Waals surface area contributed by atoms with Gasteiger partial charge in [0.2, 0.25) is 0 Å². The van der Waals surface area contributed by atoms with E-state index >= 15 is 0 Å². The summed E-state index contributed by atoms with van der Waals surface area (Å²) in [5, 5.41) is 0. The van der Waals surface area contributed by atoms with Crippen LogP contribution in [0.1, 0.15) is 5.56 Å². The van der Waals surface area contributed by atoms with E-state index in [0.29, 0.717) is 0 Å². The third kappa shape index (κ3) is 3.66. The van der Waals surface area contributed by atoms with E-state index < -0.39 is 9.05 Å². The minimum atomic E-state index is -3.86. The van der Waals surface area contributed by atoms with Crippen molar-refractivity contribution in [3.05, 3.63) is 35.9 Å². The molecular weight excluding hydrogens is 188 g/mol. The first kappa shape index (κ1) is 10.4. The van der Waals surface area contributed by atoms with E-state index in [-0.39, 0.29) is 6.61 Å². The third-order valence-electron chi connectivity index (χ3n) is 1.54. The van der Waals surface area contributed by atoms with Gasteiger partial charge in [0, 0.05) is 7.11 Å². The van der Waals surface area contributed by atoms with Gasteiger partial charge in [0.25, 0.3) is 0 Å². The van der Waals surface area contributed by atoms with Gasteiger partial charge in [-0.2, -0.15) is 0 Å². The number of benzene rings is 1. The van der Waals surface area contributed by atoms with Gasteiger partial charge in [-0.25, -0.2) is 0 Å². The van der Waals surface area contributed by atoms with Gasteiger partial charge in [-0.1, -0.05) is 30.3 Å². The van der Waals surface area contributed by atoms with Crippen LogP contribution in [0.15, 0.2) is 30.3 Å². The Morgan fingerprint density at radius 2 is 1.85 bits per heavy atom. The van der Waals surface area contributed by atoms with Crippen LogP contribution in [0.25, 0.3) is 0 Å². The van der Waals surface area contributed by atoms with E-state index in [4.69, 9.17) is 14.0 Å². The minimum absolute atomic E-state index is 0.147. The topological polar surface area (TPSA) is 58.9 Å². The molecule has 0 aliphatic carbocycles. The maximum atomic E-state index is 9.03. The van der Waals surface area contributed by atoms with E-state index in [0.717, 1.165) is 5.56 Å². The molecule has 72 valence electrons. The predicted molar refractivity (Wildman–Crippen MR) is 48.4 cm³/mol. The molecule has 1 aromatic carbocycles. The largest absolute Gasteiger partial charge is 0.674 e. The number of hydrogen-bond acceptors (Lipinski definition) is 4. The Kier molecular flexibility index (Phi) is 3.58. The van der Waals surface area contributed by atoms with Crippen LogP contribution in [0.5, 0.6) is 0 Å². The Hall–Kier alpha value is -0.723. The second-order valence-corrected chi connectivity index (χ2v) is 4.32. The Bertz CT molecular complexity index is 250. The smallest absolute Gasteiger partial charge is 0.367 e. The molecule has 0 saturated heterocycles. The van der Waals surface area contributed by atoms with Crippen molar-refractivity contribution in [2.75, 3.05) is 7.11 Å². The molecule has 4 nitrogen and oxygen atoms in total. The Labute approximate surface area is 77.9 Å². The fourth-order valence-corrected chi connectivity index (χ4v) is 1.28. The van der Waals surface area contributed by atoms with Crippen molar-refractivity contribution in [3.63, 3.8) is 0 Å². The van der Waals surface area contributed by atoms with E-state index in [1.165, 1.54) is 7.11 Å². The summed E-state index contributed by atoms with van der Waals surface area (Å²) < 4.78 is 9.18. The Morgan fingerprint density at radius 1 is 1.23 bits per heavy atom. The SMILES string of the molecule is CO[Si](O)(O)OCc1ccccc1. The zero-order valence-corrected chi connectivity index (χ0v) is 8.30. The Balaban J connectivity index is 2.44. The summed E-state index contributed by atoms with van der Waals surface area (Å²) >= 11 is 0. The lowest BCUT2D eigenvalue weighted by Crippen LogP contribution is -2.41. The molecule has 1 rings (SSSR count). The van der Waals surface area contributed by atoms with Crippen molar-refractivity contribution in [3.8, 4) is 0 Å². The molecule has 0 aromatic heterocycles. The average Bonchev–Trinajstić information content (AvgIpc) is 2.17. The molecule has 1 aromatic rings. The summed E-state index contributed by atoms with van der Waals surface area (Å²) in [5.74, 6) is 0. The van der Waals surface area contributed by atoms with Crippen LogP contribution in [0.4, 0.5) is 0 Å². The summed E-state index contributed by atoms with van der Waals surface area (Å²) in [7, 11) is -2.65. The highest BCUT2D eigenvalue weighted by Gasteiger charge is 2.34. The van der Waals surface area contributed by atoms with Crippen molar-refractivity contribution in [1.29, 1.82) is 0 Å². The van der Waals surface area contributed by atoms with Gasteiger partial charge in [0.05, 0.1) is 6.61 Å². The first-order chi connectivity index (χ1) is 6.14. The molecule has 0 bridgehead atoms. The lowest BCUT2D eigenvalue weighted by Gasteiger charge is -2.13. The first-order valence-electron chi connectivity index (χ1n) is 3.82. The summed E-state index contributed by atoms with van der Waals surface area (Å²) in [5.41, 5.74) is 0.875. The molecule has 0 heterocycles. The highest BCUT2D eigenvalue weighted by atomic mass is 28.4. The molecule has 2 N–H and O–H groups in total. The third-order valence-corrected chi connectivity index (χ3v) is 2.59. The first-order valence-corrected chi connectivity index (χ1v) is 5.53. The van der Waals surface area contributed by atoms with Crippen LogP contribution in [-0.2, 0) is 15.5 Å². The van der Waals surface area contributed by atoms with E-state index in [1.54, 1.807) is 0 Å². The molecule has 0 aliphatic heterocycles. The van der Waals surface area contributed by atoms with Gasteiger partial charge in [-0.15, -0.1) is 0 Å². The second kappa shape index (κ2) is 4.50. The van der Waals surface area contributed by atoms with Crippen LogP contribution in [0, 0.1) is 0 Å². The number of hydrogen-bond donors (Lipinski definition) is 2. The van der Waals surface area contributed by atoms with Gasteiger partial charge in [-0.05, 0) is 5.56 Å². The minimum Gasteiger partial charge on any atom is -0.367 e. The molecular formula is C8H12O4Si. The average molecular weight is 200 g/mol. The van der Waals surface area contributed by atoms with E-state index in [2.05, 4.69) is 4.43 Å². The van der Waals surface area contributed by atoms with Crippen LogP contribution in [0.2, 0.25) is 0 Å². The van der Waals surface area contributed by atoms with E-state index in [1.807, 2.05) is 30.3 Å². The molecule has 0 radical (unpaired) electrons. The van der Waals surface area contributed by atoms with Crippen molar-refractivity contribution in [1.82, 2.24) is 0 Å². The molecule has 0 aliphatic rings. The molecule has 0 spiro atoms.